The molecule has 11 heteroatoms. The van der Waals surface area contributed by atoms with Gasteiger partial charge in [-0.3, -0.25) is 4.79 Å². The summed E-state index contributed by atoms with van der Waals surface area (Å²) in [5, 5.41) is 12.3. The molecule has 0 radical (unpaired) electrons. The van der Waals surface area contributed by atoms with Gasteiger partial charge in [-0.1, -0.05) is 34.6 Å². The van der Waals surface area contributed by atoms with Gasteiger partial charge in [-0.05, 0) is 55.0 Å². The number of aromatic nitrogens is 5. The van der Waals surface area contributed by atoms with Crippen molar-refractivity contribution in [3.05, 3.63) is 88.5 Å². The number of carbonyl (C=O) groups is 2. The van der Waals surface area contributed by atoms with Crippen molar-refractivity contribution in [1.29, 1.82) is 0 Å². The summed E-state index contributed by atoms with van der Waals surface area (Å²) in [6.45, 7) is 1.90. The van der Waals surface area contributed by atoms with Crippen molar-refractivity contribution in [2.45, 2.75) is 17.8 Å². The van der Waals surface area contributed by atoms with E-state index in [0.29, 0.717) is 38.6 Å². The zero-order chi connectivity index (χ0) is 24.1. The minimum absolute atomic E-state index is 0.150. The maximum atomic E-state index is 13.1. The Balaban J connectivity index is 1.63. The van der Waals surface area contributed by atoms with E-state index in [-0.39, 0.29) is 5.69 Å². The Hall–Kier alpha value is -3.76. The first kappa shape index (κ1) is 23.4. The van der Waals surface area contributed by atoms with Gasteiger partial charge in [0.15, 0.2) is 10.9 Å². The van der Waals surface area contributed by atoms with Crippen molar-refractivity contribution in [3.8, 4) is 5.69 Å². The third-order valence-electron chi connectivity index (χ3n) is 4.82. The number of halogens is 1. The fourth-order valence-corrected chi connectivity index (χ4v) is 3.99. The highest BCUT2D eigenvalue weighted by Gasteiger charge is 2.22. The van der Waals surface area contributed by atoms with Crippen molar-refractivity contribution in [1.82, 2.24) is 25.0 Å². The number of anilines is 1. The highest BCUT2D eigenvalue weighted by Crippen LogP contribution is 2.25. The van der Waals surface area contributed by atoms with Crippen molar-refractivity contribution in [2.75, 3.05) is 12.4 Å². The highest BCUT2D eigenvalue weighted by atomic mass is 35.5. The molecule has 0 bridgehead atoms. The molecule has 0 saturated carbocycles. The van der Waals surface area contributed by atoms with E-state index < -0.39 is 11.9 Å². The van der Waals surface area contributed by atoms with Crippen LogP contribution in [0.5, 0.6) is 0 Å². The maximum absolute atomic E-state index is 13.1. The standard InChI is InChI=1S/C23H19ClN6O3S/c1-14-4-9-17(12-18(14)24)30-19(13-34-23-25-10-3-11-26-23)20(28-29-30)21(31)27-16-7-5-15(6-8-16)22(32)33-2/h3-12H,13H2,1-2H3,(H,27,31). The molecule has 1 N–H and O–H groups in total. The van der Waals surface area contributed by atoms with Gasteiger partial charge in [0, 0.05) is 28.9 Å². The second-order valence-electron chi connectivity index (χ2n) is 7.07. The number of carbonyl (C=O) groups excluding carboxylic acids is 2. The molecule has 2 aromatic carbocycles. The van der Waals surface area contributed by atoms with E-state index in [0.717, 1.165) is 5.56 Å². The molecule has 0 unspecified atom stereocenters. The van der Waals surface area contributed by atoms with Gasteiger partial charge in [-0.25, -0.2) is 19.4 Å². The number of methoxy groups -OCH3 is 1. The minimum atomic E-state index is -0.458. The molecule has 0 aliphatic heterocycles. The van der Waals surface area contributed by atoms with Crippen LogP contribution in [0.4, 0.5) is 5.69 Å². The number of hydrogen-bond acceptors (Lipinski definition) is 8. The van der Waals surface area contributed by atoms with Crippen LogP contribution in [0, 0.1) is 6.92 Å². The van der Waals surface area contributed by atoms with Crippen molar-refractivity contribution < 1.29 is 14.3 Å². The summed E-state index contributed by atoms with van der Waals surface area (Å²) in [4.78, 5) is 33.2. The van der Waals surface area contributed by atoms with Crippen molar-refractivity contribution in [3.63, 3.8) is 0 Å². The predicted octanol–water partition coefficient (Wildman–Crippen LogP) is 4.35. The fraction of sp³-hybridized carbons (Fsp3) is 0.130. The Kier molecular flexibility index (Phi) is 7.19. The monoisotopic (exact) mass is 494 g/mol. The number of rotatable bonds is 7. The smallest absolute Gasteiger partial charge is 0.337 e. The van der Waals surface area contributed by atoms with Crippen LogP contribution in [0.15, 0.2) is 66.1 Å². The van der Waals surface area contributed by atoms with Crippen LogP contribution in [0.2, 0.25) is 5.02 Å². The van der Waals surface area contributed by atoms with Gasteiger partial charge in [0.1, 0.15) is 0 Å². The van der Waals surface area contributed by atoms with Crippen LogP contribution in [-0.2, 0) is 10.5 Å². The Bertz CT molecular complexity index is 1330. The average molecular weight is 495 g/mol. The van der Waals surface area contributed by atoms with Crippen LogP contribution >= 0.6 is 23.4 Å². The fourth-order valence-electron chi connectivity index (χ4n) is 3.02. The first-order chi connectivity index (χ1) is 16.5. The highest BCUT2D eigenvalue weighted by molar-refractivity contribution is 7.98. The third kappa shape index (κ3) is 5.24. The van der Waals surface area contributed by atoms with E-state index in [9.17, 15) is 9.59 Å². The lowest BCUT2D eigenvalue weighted by molar-refractivity contribution is 0.0600. The van der Waals surface area contributed by atoms with Gasteiger partial charge in [0.2, 0.25) is 0 Å². The number of benzene rings is 2. The van der Waals surface area contributed by atoms with E-state index in [1.54, 1.807) is 53.5 Å². The average Bonchev–Trinajstić information content (AvgIpc) is 3.29. The SMILES string of the molecule is COC(=O)c1ccc(NC(=O)c2nnn(-c3ccc(C)c(Cl)c3)c2CSc2ncccn2)cc1. The van der Waals surface area contributed by atoms with Gasteiger partial charge in [-0.2, -0.15) is 0 Å². The number of thioether (sulfide) groups is 1. The zero-order valence-electron chi connectivity index (χ0n) is 18.2. The van der Waals surface area contributed by atoms with Gasteiger partial charge >= 0.3 is 5.97 Å². The number of nitrogens with zero attached hydrogens (tertiary/aromatic N) is 5. The molecule has 0 spiro atoms. The molecule has 172 valence electrons. The number of esters is 1. The summed E-state index contributed by atoms with van der Waals surface area (Å²) in [5.74, 6) is -0.563. The lowest BCUT2D eigenvalue weighted by atomic mass is 10.2. The van der Waals surface area contributed by atoms with E-state index in [1.165, 1.54) is 18.9 Å². The van der Waals surface area contributed by atoms with Gasteiger partial charge in [0.25, 0.3) is 5.91 Å². The Morgan fingerprint density at radius 3 is 2.53 bits per heavy atom. The number of aryl methyl sites for hydroxylation is 1. The molecule has 2 aromatic heterocycles. The molecule has 1 amide bonds. The molecule has 34 heavy (non-hydrogen) atoms. The van der Waals surface area contributed by atoms with E-state index in [1.807, 2.05) is 19.1 Å². The normalized spacial score (nSPS) is 10.7. The van der Waals surface area contributed by atoms with Crippen LogP contribution < -0.4 is 5.32 Å². The second kappa shape index (κ2) is 10.4. The molecule has 0 saturated heterocycles. The Labute approximate surface area is 204 Å². The summed E-state index contributed by atoms with van der Waals surface area (Å²) in [5.41, 5.74) is 3.18. The molecule has 4 rings (SSSR count). The number of hydrogen-bond donors (Lipinski definition) is 1. The van der Waals surface area contributed by atoms with Gasteiger partial charge < -0.3 is 10.1 Å². The molecule has 2 heterocycles. The molecule has 0 atom stereocenters. The van der Waals surface area contributed by atoms with E-state index >= 15 is 0 Å². The minimum Gasteiger partial charge on any atom is -0.465 e. The zero-order valence-corrected chi connectivity index (χ0v) is 19.8. The van der Waals surface area contributed by atoms with E-state index in [4.69, 9.17) is 16.3 Å². The number of nitrogens with one attached hydrogen (secondary N) is 1. The van der Waals surface area contributed by atoms with Gasteiger partial charge in [0.05, 0.1) is 24.1 Å². The number of ether oxygens (including phenoxy) is 1. The Morgan fingerprint density at radius 1 is 1.12 bits per heavy atom. The van der Waals surface area contributed by atoms with Crippen molar-refractivity contribution >= 4 is 40.9 Å². The molecule has 9 nitrogen and oxygen atoms in total. The predicted molar refractivity (Wildman–Crippen MR) is 128 cm³/mol. The van der Waals surface area contributed by atoms with Crippen LogP contribution in [0.25, 0.3) is 5.69 Å². The first-order valence-corrected chi connectivity index (χ1v) is 11.4. The van der Waals surface area contributed by atoms with Crippen LogP contribution in [0.1, 0.15) is 32.1 Å². The maximum Gasteiger partial charge on any atom is 0.337 e. The molecular weight excluding hydrogens is 476 g/mol. The first-order valence-electron chi connectivity index (χ1n) is 10.1. The summed E-state index contributed by atoms with van der Waals surface area (Å²) >= 11 is 7.66. The second-order valence-corrected chi connectivity index (χ2v) is 8.42. The summed E-state index contributed by atoms with van der Waals surface area (Å²) in [7, 11) is 1.31. The van der Waals surface area contributed by atoms with Gasteiger partial charge in [-0.15, -0.1) is 5.10 Å². The lowest BCUT2D eigenvalue weighted by Gasteiger charge is -2.10. The molecule has 0 aliphatic rings. The quantitative estimate of drug-likeness (QED) is 0.229. The third-order valence-corrected chi connectivity index (χ3v) is 6.12. The molecule has 4 aromatic rings. The van der Waals surface area contributed by atoms with Crippen LogP contribution in [0.3, 0.4) is 0 Å². The molecule has 0 fully saturated rings. The van der Waals surface area contributed by atoms with Crippen LogP contribution in [-0.4, -0.2) is 43.9 Å². The number of amides is 1. The summed E-state index contributed by atoms with van der Waals surface area (Å²) < 4.78 is 6.28. The van der Waals surface area contributed by atoms with E-state index in [2.05, 4.69) is 25.6 Å². The Morgan fingerprint density at radius 2 is 1.85 bits per heavy atom. The topological polar surface area (TPSA) is 112 Å². The summed E-state index contributed by atoms with van der Waals surface area (Å²) in [6.07, 6.45) is 3.30. The molecule has 0 aliphatic carbocycles. The molecular formula is C23H19ClN6O3S. The summed E-state index contributed by atoms with van der Waals surface area (Å²) in [6, 6.07) is 13.6. The largest absolute Gasteiger partial charge is 0.465 e. The lowest BCUT2D eigenvalue weighted by Crippen LogP contribution is -2.15. The van der Waals surface area contributed by atoms with Crippen molar-refractivity contribution in [2.24, 2.45) is 0 Å².